The number of hydrogen-bond donors (Lipinski definition) is 0. The molecule has 2 atom stereocenters. The maximum Gasteiger partial charge on any atom is 0.273 e. The lowest BCUT2D eigenvalue weighted by Gasteiger charge is -2.45. The van der Waals surface area contributed by atoms with Gasteiger partial charge in [0, 0.05) is 0 Å². The van der Waals surface area contributed by atoms with Gasteiger partial charge in [-0.2, -0.15) is 0 Å². The highest BCUT2D eigenvalue weighted by molar-refractivity contribution is 6.29. The summed E-state index contributed by atoms with van der Waals surface area (Å²) in [5.74, 6) is -1.17. The van der Waals surface area contributed by atoms with E-state index >= 15 is 0 Å². The van der Waals surface area contributed by atoms with Crippen molar-refractivity contribution < 1.29 is 18.3 Å². The van der Waals surface area contributed by atoms with Crippen LogP contribution >= 0.6 is 11.6 Å². The minimum Gasteiger partial charge on any atom is -0.369 e. The zero-order chi connectivity index (χ0) is 14.9. The van der Waals surface area contributed by atoms with Gasteiger partial charge in [-0.05, 0) is 31.5 Å². The zero-order valence-corrected chi connectivity index (χ0v) is 12.0. The second-order valence-corrected chi connectivity index (χ2v) is 5.80. The molecule has 0 bridgehead atoms. The van der Waals surface area contributed by atoms with E-state index in [2.05, 4.69) is 0 Å². The quantitative estimate of drug-likeness (QED) is 0.786. The molecule has 0 N–H and O–H groups in total. The Morgan fingerprint density at radius 3 is 2.85 bits per heavy atom. The van der Waals surface area contributed by atoms with Gasteiger partial charge in [0.05, 0.1) is 18.7 Å². The predicted molar refractivity (Wildman–Crippen MR) is 71.6 cm³/mol. The molecule has 0 spiro atoms. The Morgan fingerprint density at radius 1 is 1.55 bits per heavy atom. The molecule has 1 amide bonds. The van der Waals surface area contributed by atoms with Gasteiger partial charge < -0.3 is 9.64 Å². The first-order valence-corrected chi connectivity index (χ1v) is 6.71. The molecule has 0 radical (unpaired) electrons. The molecule has 1 aromatic rings. The number of carbonyl (C=O) groups is 1. The summed E-state index contributed by atoms with van der Waals surface area (Å²) >= 11 is 5.25. The van der Waals surface area contributed by atoms with Crippen LogP contribution in [0.3, 0.4) is 0 Å². The molecule has 2 unspecified atom stereocenters. The van der Waals surface area contributed by atoms with Gasteiger partial charge in [0.15, 0.2) is 0 Å². The summed E-state index contributed by atoms with van der Waals surface area (Å²) in [7, 11) is 0. The van der Waals surface area contributed by atoms with Gasteiger partial charge in [-0.3, -0.25) is 4.79 Å². The van der Waals surface area contributed by atoms with Crippen LogP contribution in [0, 0.1) is 5.82 Å². The minimum absolute atomic E-state index is 0.141. The Bertz CT molecular complexity index is 508. The summed E-state index contributed by atoms with van der Waals surface area (Å²) in [6.45, 7) is 3.91. The van der Waals surface area contributed by atoms with Crippen molar-refractivity contribution in [3.05, 3.63) is 35.6 Å². The summed E-state index contributed by atoms with van der Waals surface area (Å²) in [5, 5.41) is 0. The fourth-order valence-corrected chi connectivity index (χ4v) is 2.38. The van der Waals surface area contributed by atoms with Crippen LogP contribution in [0.1, 0.15) is 25.5 Å². The highest BCUT2D eigenvalue weighted by Gasteiger charge is 2.40. The van der Waals surface area contributed by atoms with E-state index in [0.717, 1.165) is 0 Å². The highest BCUT2D eigenvalue weighted by atomic mass is 35.5. The molecule has 1 saturated heterocycles. The van der Waals surface area contributed by atoms with Gasteiger partial charge in [-0.25, -0.2) is 8.78 Å². The third-order valence-corrected chi connectivity index (χ3v) is 3.58. The average Bonchev–Trinajstić information content (AvgIpc) is 2.37. The van der Waals surface area contributed by atoms with E-state index in [4.69, 9.17) is 16.3 Å². The number of morpholine rings is 1. The van der Waals surface area contributed by atoms with Crippen LogP contribution < -0.4 is 0 Å². The van der Waals surface area contributed by atoms with E-state index in [-0.39, 0.29) is 19.0 Å². The second-order valence-electron chi connectivity index (χ2n) is 5.42. The van der Waals surface area contributed by atoms with Crippen molar-refractivity contribution in [2.45, 2.75) is 31.1 Å². The van der Waals surface area contributed by atoms with E-state index in [1.165, 1.54) is 17.0 Å². The molecule has 20 heavy (non-hydrogen) atoms. The third-order valence-electron chi connectivity index (χ3n) is 3.39. The lowest BCUT2D eigenvalue weighted by molar-refractivity contribution is -0.157. The molecule has 0 aromatic heterocycles. The molecule has 3 nitrogen and oxygen atoms in total. The Morgan fingerprint density at radius 2 is 2.25 bits per heavy atom. The van der Waals surface area contributed by atoms with Crippen molar-refractivity contribution >= 4 is 17.5 Å². The molecule has 1 aromatic carbocycles. The maximum absolute atomic E-state index is 13.2. The van der Waals surface area contributed by atoms with Crippen molar-refractivity contribution in [1.82, 2.24) is 4.90 Å². The summed E-state index contributed by atoms with van der Waals surface area (Å²) in [6.07, 6.45) is -0.488. The Kier molecular flexibility index (Phi) is 4.30. The van der Waals surface area contributed by atoms with E-state index in [0.29, 0.717) is 5.56 Å². The molecule has 1 heterocycles. The number of amides is 1. The van der Waals surface area contributed by atoms with Gasteiger partial charge >= 0.3 is 0 Å². The van der Waals surface area contributed by atoms with E-state index in [1.807, 2.05) is 0 Å². The molecule has 1 fully saturated rings. The van der Waals surface area contributed by atoms with Crippen LogP contribution in [0.2, 0.25) is 0 Å². The monoisotopic (exact) mass is 303 g/mol. The molecule has 2 rings (SSSR count). The standard InChI is InChI=1S/C14H16ClF2NO2/c1-14(2)8-20-11(7-18(14)13(19)12(15)17)9-4-3-5-10(16)6-9/h3-6,11-12H,7-8H2,1-2H3. The average molecular weight is 304 g/mol. The van der Waals surface area contributed by atoms with Gasteiger partial charge in [0.25, 0.3) is 11.5 Å². The molecular formula is C14H16ClF2NO2. The van der Waals surface area contributed by atoms with Crippen LogP contribution in [0.25, 0.3) is 0 Å². The normalized spacial score (nSPS) is 23.4. The highest BCUT2D eigenvalue weighted by Crippen LogP contribution is 2.31. The van der Waals surface area contributed by atoms with Gasteiger partial charge in [0.2, 0.25) is 0 Å². The molecule has 0 aliphatic carbocycles. The van der Waals surface area contributed by atoms with Crippen molar-refractivity contribution in [1.29, 1.82) is 0 Å². The molecule has 110 valence electrons. The fraction of sp³-hybridized carbons (Fsp3) is 0.500. The van der Waals surface area contributed by atoms with Crippen LogP contribution in [-0.4, -0.2) is 35.1 Å². The summed E-state index contributed by atoms with van der Waals surface area (Å²) in [5.41, 5.74) is -2.12. The number of halogens is 3. The SMILES string of the molecule is CC1(C)COC(c2cccc(F)c2)CN1C(=O)C(F)Cl. The van der Waals surface area contributed by atoms with Crippen LogP contribution in [0.4, 0.5) is 8.78 Å². The van der Waals surface area contributed by atoms with E-state index in [9.17, 15) is 13.6 Å². The lowest BCUT2D eigenvalue weighted by Crippen LogP contribution is -2.57. The van der Waals surface area contributed by atoms with Crippen LogP contribution in [0.15, 0.2) is 24.3 Å². The summed E-state index contributed by atoms with van der Waals surface area (Å²) < 4.78 is 32.0. The Labute approximate surface area is 121 Å². The largest absolute Gasteiger partial charge is 0.369 e. The second kappa shape index (κ2) is 5.66. The van der Waals surface area contributed by atoms with Crippen LogP contribution in [0.5, 0.6) is 0 Å². The Balaban J connectivity index is 2.22. The lowest BCUT2D eigenvalue weighted by atomic mass is 9.98. The predicted octanol–water partition coefficient (Wildman–Crippen LogP) is 3.04. The first-order valence-electron chi connectivity index (χ1n) is 6.28. The minimum atomic E-state index is -2.08. The fourth-order valence-electron chi connectivity index (χ4n) is 2.26. The van der Waals surface area contributed by atoms with Gasteiger partial charge in [-0.1, -0.05) is 23.7 Å². The number of hydrogen-bond acceptors (Lipinski definition) is 2. The topological polar surface area (TPSA) is 29.5 Å². The number of alkyl halides is 2. The first kappa shape index (κ1) is 15.2. The summed E-state index contributed by atoms with van der Waals surface area (Å²) in [6, 6.07) is 5.95. The molecule has 6 heteroatoms. The number of nitrogens with zero attached hydrogens (tertiary/aromatic N) is 1. The maximum atomic E-state index is 13.2. The molecule has 1 aliphatic rings. The molecule has 0 saturated carbocycles. The zero-order valence-electron chi connectivity index (χ0n) is 11.3. The molecule has 1 aliphatic heterocycles. The smallest absolute Gasteiger partial charge is 0.273 e. The van der Waals surface area contributed by atoms with Gasteiger partial charge in [-0.15, -0.1) is 0 Å². The van der Waals surface area contributed by atoms with Crippen LogP contribution in [-0.2, 0) is 9.53 Å². The Hall–Kier alpha value is -1.20. The molecular weight excluding hydrogens is 288 g/mol. The van der Waals surface area contributed by atoms with Gasteiger partial charge in [0.1, 0.15) is 11.9 Å². The van der Waals surface area contributed by atoms with Crippen molar-refractivity contribution in [2.75, 3.05) is 13.2 Å². The van der Waals surface area contributed by atoms with E-state index < -0.39 is 23.2 Å². The van der Waals surface area contributed by atoms with Crippen molar-refractivity contribution in [3.63, 3.8) is 0 Å². The van der Waals surface area contributed by atoms with E-state index in [1.54, 1.807) is 26.0 Å². The van der Waals surface area contributed by atoms with Crippen molar-refractivity contribution in [2.24, 2.45) is 0 Å². The number of carbonyl (C=O) groups excluding carboxylic acids is 1. The number of ether oxygens (including phenoxy) is 1. The van der Waals surface area contributed by atoms with Crippen molar-refractivity contribution in [3.8, 4) is 0 Å². The third kappa shape index (κ3) is 3.10. The summed E-state index contributed by atoms with van der Waals surface area (Å²) in [4.78, 5) is 13.2. The first-order chi connectivity index (χ1) is 9.31. The number of benzene rings is 1. The number of rotatable bonds is 2.